The molecule has 3 heteroatoms. The second kappa shape index (κ2) is 8.02. The minimum Gasteiger partial charge on any atom is -0.439 e. The Bertz CT molecular complexity index is 1010. The van der Waals surface area contributed by atoms with E-state index in [0.717, 1.165) is 17.9 Å². The highest BCUT2D eigenvalue weighted by molar-refractivity contribution is 5.86. The van der Waals surface area contributed by atoms with E-state index in [4.69, 9.17) is 4.74 Å². The van der Waals surface area contributed by atoms with Gasteiger partial charge in [-0.2, -0.15) is 0 Å². The number of para-hydroxylation sites is 1. The molecule has 0 aliphatic rings. The fourth-order valence-corrected chi connectivity index (χ4v) is 3.19. The molecule has 134 valence electrons. The van der Waals surface area contributed by atoms with Crippen molar-refractivity contribution in [3.05, 3.63) is 102 Å². The maximum atomic E-state index is 5.74. The molecule has 0 radical (unpaired) electrons. The van der Waals surface area contributed by atoms with Crippen LogP contribution >= 0.6 is 0 Å². The van der Waals surface area contributed by atoms with Gasteiger partial charge in [0.25, 0.3) is 0 Å². The molecule has 1 N–H and O–H groups in total. The van der Waals surface area contributed by atoms with Crippen molar-refractivity contribution >= 4 is 10.8 Å². The minimum atomic E-state index is 0.247. The Balaban J connectivity index is 1.41. The molecule has 1 heterocycles. The zero-order chi connectivity index (χ0) is 18.5. The van der Waals surface area contributed by atoms with Crippen LogP contribution < -0.4 is 10.1 Å². The molecule has 0 bridgehead atoms. The summed E-state index contributed by atoms with van der Waals surface area (Å²) in [5.41, 5.74) is 2.44. The van der Waals surface area contributed by atoms with Crippen LogP contribution in [0.4, 0.5) is 0 Å². The summed E-state index contributed by atoms with van der Waals surface area (Å²) in [4.78, 5) is 4.41. The smallest absolute Gasteiger partial charge is 0.219 e. The van der Waals surface area contributed by atoms with Crippen LogP contribution in [0.2, 0.25) is 0 Å². The third-order valence-corrected chi connectivity index (χ3v) is 4.67. The molecule has 1 atom stereocenters. The van der Waals surface area contributed by atoms with Gasteiger partial charge in [0.15, 0.2) is 0 Å². The molecule has 27 heavy (non-hydrogen) atoms. The Morgan fingerprint density at radius 2 is 1.63 bits per heavy atom. The number of benzene rings is 3. The average Bonchev–Trinajstić information content (AvgIpc) is 2.73. The first-order chi connectivity index (χ1) is 13.3. The van der Waals surface area contributed by atoms with E-state index in [0.29, 0.717) is 5.88 Å². The molecule has 0 saturated heterocycles. The highest BCUT2D eigenvalue weighted by Gasteiger charge is 2.09. The van der Waals surface area contributed by atoms with Crippen molar-refractivity contribution in [2.45, 2.75) is 19.5 Å². The Hall–Kier alpha value is -3.17. The van der Waals surface area contributed by atoms with E-state index >= 15 is 0 Å². The van der Waals surface area contributed by atoms with Gasteiger partial charge in [-0.15, -0.1) is 0 Å². The predicted molar refractivity (Wildman–Crippen MR) is 110 cm³/mol. The van der Waals surface area contributed by atoms with Crippen LogP contribution in [0.15, 0.2) is 91.1 Å². The molecule has 0 saturated carbocycles. The van der Waals surface area contributed by atoms with Crippen LogP contribution in [0.1, 0.15) is 24.1 Å². The number of nitrogens with one attached hydrogen (secondary N) is 1. The van der Waals surface area contributed by atoms with Gasteiger partial charge in [0.05, 0.1) is 0 Å². The van der Waals surface area contributed by atoms with Crippen molar-refractivity contribution in [1.29, 1.82) is 0 Å². The lowest BCUT2D eigenvalue weighted by molar-refractivity contribution is 0.462. The molecule has 3 aromatic carbocycles. The van der Waals surface area contributed by atoms with E-state index in [1.165, 1.54) is 16.3 Å². The predicted octanol–water partition coefficient (Wildman–Crippen LogP) is 5.88. The Morgan fingerprint density at radius 1 is 0.852 bits per heavy atom. The second-order valence-electron chi connectivity index (χ2n) is 6.59. The monoisotopic (exact) mass is 354 g/mol. The largest absolute Gasteiger partial charge is 0.439 e. The van der Waals surface area contributed by atoms with Crippen molar-refractivity contribution in [3.63, 3.8) is 0 Å². The first kappa shape index (κ1) is 17.3. The van der Waals surface area contributed by atoms with Crippen molar-refractivity contribution in [1.82, 2.24) is 10.3 Å². The van der Waals surface area contributed by atoms with E-state index in [1.807, 2.05) is 48.7 Å². The van der Waals surface area contributed by atoms with Crippen LogP contribution in [0.3, 0.4) is 0 Å². The lowest BCUT2D eigenvalue weighted by atomic mass is 9.99. The van der Waals surface area contributed by atoms with Gasteiger partial charge in [0, 0.05) is 24.8 Å². The topological polar surface area (TPSA) is 34.1 Å². The Morgan fingerprint density at radius 3 is 2.44 bits per heavy atom. The molecule has 3 nitrogen and oxygen atoms in total. The number of rotatable bonds is 6. The zero-order valence-corrected chi connectivity index (χ0v) is 15.3. The van der Waals surface area contributed by atoms with Crippen molar-refractivity contribution in [2.75, 3.05) is 0 Å². The summed E-state index contributed by atoms with van der Waals surface area (Å²) in [7, 11) is 0. The molecule has 4 aromatic rings. The van der Waals surface area contributed by atoms with Crippen LogP contribution in [-0.2, 0) is 6.54 Å². The fourth-order valence-electron chi connectivity index (χ4n) is 3.19. The second-order valence-corrected chi connectivity index (χ2v) is 6.59. The number of fused-ring (bicyclic) bond motifs is 1. The minimum absolute atomic E-state index is 0.247. The van der Waals surface area contributed by atoms with Crippen molar-refractivity contribution in [3.8, 4) is 11.6 Å². The van der Waals surface area contributed by atoms with E-state index in [-0.39, 0.29) is 6.04 Å². The SMILES string of the molecule is C[C@@H](NCc1ccc(Oc2ccccc2)nc1)c1cccc2ccccc12. The summed E-state index contributed by atoms with van der Waals surface area (Å²) < 4.78 is 5.74. The Kier molecular flexibility index (Phi) is 5.13. The summed E-state index contributed by atoms with van der Waals surface area (Å²) >= 11 is 0. The van der Waals surface area contributed by atoms with Gasteiger partial charge >= 0.3 is 0 Å². The number of nitrogens with zero attached hydrogens (tertiary/aromatic N) is 1. The maximum Gasteiger partial charge on any atom is 0.219 e. The van der Waals surface area contributed by atoms with E-state index in [1.54, 1.807) is 0 Å². The van der Waals surface area contributed by atoms with E-state index < -0.39 is 0 Å². The first-order valence-electron chi connectivity index (χ1n) is 9.18. The zero-order valence-electron chi connectivity index (χ0n) is 15.3. The highest BCUT2D eigenvalue weighted by Crippen LogP contribution is 2.24. The van der Waals surface area contributed by atoms with Crippen LogP contribution in [0.25, 0.3) is 10.8 Å². The lowest BCUT2D eigenvalue weighted by Crippen LogP contribution is -2.18. The number of ether oxygens (including phenoxy) is 1. The lowest BCUT2D eigenvalue weighted by Gasteiger charge is -2.16. The molecule has 0 unspecified atom stereocenters. The number of hydrogen-bond acceptors (Lipinski definition) is 3. The molecule has 0 amide bonds. The van der Waals surface area contributed by atoms with Gasteiger partial charge in [-0.1, -0.05) is 66.7 Å². The summed E-state index contributed by atoms with van der Waals surface area (Å²) in [6, 6.07) is 28.9. The molecular formula is C24H22N2O. The van der Waals surface area contributed by atoms with Gasteiger partial charge in [0.2, 0.25) is 5.88 Å². The van der Waals surface area contributed by atoms with Gasteiger partial charge in [-0.05, 0) is 41.0 Å². The van der Waals surface area contributed by atoms with E-state index in [2.05, 4.69) is 59.7 Å². The number of aromatic nitrogens is 1. The summed E-state index contributed by atoms with van der Waals surface area (Å²) in [6.45, 7) is 2.95. The molecule has 0 fully saturated rings. The molecule has 0 spiro atoms. The fraction of sp³-hybridized carbons (Fsp3) is 0.125. The molecule has 1 aromatic heterocycles. The molecular weight excluding hydrogens is 332 g/mol. The van der Waals surface area contributed by atoms with Gasteiger partial charge < -0.3 is 10.1 Å². The standard InChI is InChI=1S/C24H22N2O/c1-18(22-13-7-9-20-8-5-6-12-23(20)22)25-16-19-14-15-24(26-17-19)27-21-10-3-2-4-11-21/h2-15,17-18,25H,16H2,1H3/t18-/m1/s1. The third kappa shape index (κ3) is 4.15. The summed E-state index contributed by atoms with van der Waals surface area (Å²) in [6.07, 6.45) is 1.86. The quantitative estimate of drug-likeness (QED) is 0.469. The number of hydrogen-bond donors (Lipinski definition) is 1. The highest BCUT2D eigenvalue weighted by atomic mass is 16.5. The number of pyridine rings is 1. The summed E-state index contributed by atoms with van der Waals surface area (Å²) in [5, 5.41) is 6.16. The van der Waals surface area contributed by atoms with Gasteiger partial charge in [-0.3, -0.25) is 0 Å². The van der Waals surface area contributed by atoms with Gasteiger partial charge in [0.1, 0.15) is 5.75 Å². The molecule has 0 aliphatic heterocycles. The molecule has 4 rings (SSSR count). The van der Waals surface area contributed by atoms with Crippen LogP contribution in [0.5, 0.6) is 11.6 Å². The Labute approximate surface area is 159 Å². The summed E-state index contributed by atoms with van der Waals surface area (Å²) in [5.74, 6) is 1.40. The normalized spacial score (nSPS) is 12.0. The van der Waals surface area contributed by atoms with Crippen molar-refractivity contribution in [2.24, 2.45) is 0 Å². The van der Waals surface area contributed by atoms with Gasteiger partial charge in [-0.25, -0.2) is 4.98 Å². The van der Waals surface area contributed by atoms with Crippen molar-refractivity contribution < 1.29 is 4.74 Å². The van der Waals surface area contributed by atoms with Crippen LogP contribution in [-0.4, -0.2) is 4.98 Å². The average molecular weight is 354 g/mol. The first-order valence-corrected chi connectivity index (χ1v) is 9.18. The van der Waals surface area contributed by atoms with E-state index in [9.17, 15) is 0 Å². The third-order valence-electron chi connectivity index (χ3n) is 4.67. The molecule has 0 aliphatic carbocycles. The maximum absolute atomic E-state index is 5.74. The van der Waals surface area contributed by atoms with Crippen LogP contribution in [0, 0.1) is 0 Å².